The van der Waals surface area contributed by atoms with Gasteiger partial charge in [-0.1, -0.05) is 33.8 Å². The van der Waals surface area contributed by atoms with Gasteiger partial charge in [-0.05, 0) is 30.3 Å². The molecule has 0 radical (unpaired) electrons. The Morgan fingerprint density at radius 1 is 1.25 bits per heavy atom. The van der Waals surface area contributed by atoms with E-state index >= 15 is 0 Å². The zero-order valence-corrected chi connectivity index (χ0v) is 17.3. The van der Waals surface area contributed by atoms with Gasteiger partial charge in [0.25, 0.3) is 5.69 Å². The fourth-order valence-corrected chi connectivity index (χ4v) is 3.80. The van der Waals surface area contributed by atoms with Crippen LogP contribution in [0.25, 0.3) is 0 Å². The molecule has 1 aromatic carbocycles. The number of hydrogen-bond donors (Lipinski definition) is 0. The molecular weight excluding hydrogens is 359 g/mol. The Kier molecular flexibility index (Phi) is 6.63. The summed E-state index contributed by atoms with van der Waals surface area (Å²) in [6, 6.07) is 5.63. The van der Waals surface area contributed by atoms with E-state index in [4.69, 9.17) is 14.0 Å². The summed E-state index contributed by atoms with van der Waals surface area (Å²) in [5.41, 5.74) is 1.44. The topological polar surface area (TPSA) is 74.1 Å². The van der Waals surface area contributed by atoms with Gasteiger partial charge in [0.05, 0.1) is 4.92 Å². The van der Waals surface area contributed by atoms with E-state index in [-0.39, 0.29) is 22.1 Å². The molecule has 8 heteroatoms. The molecule has 2 saturated heterocycles. The number of nitro groups is 1. The summed E-state index contributed by atoms with van der Waals surface area (Å²) in [6.07, 6.45) is 1.77. The number of benzene rings is 1. The Morgan fingerprint density at radius 3 is 2.46 bits per heavy atom. The summed E-state index contributed by atoms with van der Waals surface area (Å²) in [5, 5.41) is 11.9. The lowest BCUT2D eigenvalue weighted by Crippen LogP contribution is -2.47. The van der Waals surface area contributed by atoms with Crippen LogP contribution in [0.5, 0.6) is 0 Å². The molecule has 28 heavy (non-hydrogen) atoms. The van der Waals surface area contributed by atoms with Crippen molar-refractivity contribution in [3.8, 4) is 0 Å². The first-order chi connectivity index (χ1) is 13.3. The SMILES string of the molecule is CC(C)CN(c1ccc(B2OCC(C)(C)CO2)cc1[N+](=O)[O-])C1CCOCC1. The number of nitro benzene ring substituents is 1. The van der Waals surface area contributed by atoms with E-state index in [1.807, 2.05) is 12.1 Å². The molecule has 2 aliphatic rings. The molecule has 0 unspecified atom stereocenters. The fraction of sp³-hybridized carbons (Fsp3) is 0.700. The van der Waals surface area contributed by atoms with E-state index in [2.05, 4.69) is 32.6 Å². The van der Waals surface area contributed by atoms with Crippen molar-refractivity contribution in [3.05, 3.63) is 28.3 Å². The van der Waals surface area contributed by atoms with Crippen LogP contribution in [0.15, 0.2) is 18.2 Å². The smallest absolute Gasteiger partial charge is 0.407 e. The van der Waals surface area contributed by atoms with Gasteiger partial charge in [-0.25, -0.2) is 0 Å². The molecule has 0 saturated carbocycles. The maximum atomic E-state index is 11.9. The van der Waals surface area contributed by atoms with Crippen LogP contribution in [0.3, 0.4) is 0 Å². The molecule has 2 fully saturated rings. The van der Waals surface area contributed by atoms with Crippen LogP contribution < -0.4 is 10.4 Å². The fourth-order valence-electron chi connectivity index (χ4n) is 3.80. The summed E-state index contributed by atoms with van der Waals surface area (Å²) >= 11 is 0. The summed E-state index contributed by atoms with van der Waals surface area (Å²) < 4.78 is 17.1. The second kappa shape index (κ2) is 8.80. The molecule has 2 heterocycles. The highest BCUT2D eigenvalue weighted by Gasteiger charge is 2.35. The third-order valence-corrected chi connectivity index (χ3v) is 5.22. The minimum atomic E-state index is -0.553. The maximum absolute atomic E-state index is 11.9. The van der Waals surface area contributed by atoms with Crippen molar-refractivity contribution < 1.29 is 19.0 Å². The van der Waals surface area contributed by atoms with E-state index in [0.29, 0.717) is 43.5 Å². The highest BCUT2D eigenvalue weighted by molar-refractivity contribution is 6.61. The van der Waals surface area contributed by atoms with Gasteiger partial charge >= 0.3 is 7.12 Å². The van der Waals surface area contributed by atoms with Crippen LogP contribution in [-0.4, -0.2) is 51.1 Å². The highest BCUT2D eigenvalue weighted by atomic mass is 16.6. The van der Waals surface area contributed by atoms with Gasteiger partial charge in [0.1, 0.15) is 5.69 Å². The van der Waals surface area contributed by atoms with Gasteiger partial charge in [0.15, 0.2) is 0 Å². The number of hydrogen-bond acceptors (Lipinski definition) is 6. The predicted octanol–water partition coefficient (Wildman–Crippen LogP) is 3.00. The minimum absolute atomic E-state index is 0.0422. The van der Waals surface area contributed by atoms with Crippen LogP contribution in [0.1, 0.15) is 40.5 Å². The van der Waals surface area contributed by atoms with E-state index in [1.165, 1.54) is 0 Å². The van der Waals surface area contributed by atoms with Crippen molar-refractivity contribution in [2.45, 2.75) is 46.6 Å². The zero-order valence-electron chi connectivity index (χ0n) is 17.3. The van der Waals surface area contributed by atoms with Gasteiger partial charge in [-0.2, -0.15) is 0 Å². The maximum Gasteiger partial charge on any atom is 0.494 e. The van der Waals surface area contributed by atoms with Crippen molar-refractivity contribution in [1.82, 2.24) is 0 Å². The van der Waals surface area contributed by atoms with Crippen molar-refractivity contribution >= 4 is 24.0 Å². The monoisotopic (exact) mass is 390 g/mol. The van der Waals surface area contributed by atoms with Gasteiger partial charge in [-0.3, -0.25) is 10.1 Å². The first-order valence-corrected chi connectivity index (χ1v) is 10.1. The summed E-state index contributed by atoms with van der Waals surface area (Å²) in [5.74, 6) is 0.398. The van der Waals surface area contributed by atoms with E-state index < -0.39 is 7.12 Å². The Morgan fingerprint density at radius 2 is 1.89 bits per heavy atom. The van der Waals surface area contributed by atoms with E-state index in [9.17, 15) is 10.1 Å². The molecule has 0 aliphatic carbocycles. The predicted molar refractivity (Wildman–Crippen MR) is 110 cm³/mol. The van der Waals surface area contributed by atoms with Gasteiger partial charge in [0.2, 0.25) is 0 Å². The van der Waals surface area contributed by atoms with Gasteiger partial charge < -0.3 is 18.9 Å². The number of anilines is 1. The quantitative estimate of drug-likeness (QED) is 0.422. The van der Waals surface area contributed by atoms with Gasteiger partial charge in [0, 0.05) is 50.5 Å². The first-order valence-electron chi connectivity index (χ1n) is 10.1. The van der Waals surface area contributed by atoms with Crippen molar-refractivity contribution in [2.75, 3.05) is 37.9 Å². The normalized spacial score (nSPS) is 20.4. The summed E-state index contributed by atoms with van der Waals surface area (Å²) in [6.45, 7) is 11.7. The molecule has 0 spiro atoms. The largest absolute Gasteiger partial charge is 0.494 e. The molecule has 1 aromatic rings. The average Bonchev–Trinajstić information content (AvgIpc) is 2.66. The number of rotatable bonds is 6. The Balaban J connectivity index is 1.89. The molecule has 3 rings (SSSR count). The second-order valence-corrected chi connectivity index (χ2v) is 9.01. The Labute approximate surface area is 167 Å². The molecule has 0 aromatic heterocycles. The van der Waals surface area contributed by atoms with Gasteiger partial charge in [-0.15, -0.1) is 0 Å². The number of nitrogens with zero attached hydrogens (tertiary/aromatic N) is 2. The Bertz CT molecular complexity index is 681. The number of ether oxygens (including phenoxy) is 1. The van der Waals surface area contributed by atoms with Crippen LogP contribution in [0.4, 0.5) is 11.4 Å². The lowest BCUT2D eigenvalue weighted by atomic mass is 9.75. The third-order valence-electron chi connectivity index (χ3n) is 5.22. The van der Waals surface area contributed by atoms with E-state index in [1.54, 1.807) is 6.07 Å². The molecule has 0 atom stereocenters. The molecule has 7 nitrogen and oxygen atoms in total. The molecular formula is C20H31BN2O5. The summed E-state index contributed by atoms with van der Waals surface area (Å²) in [4.78, 5) is 13.8. The third kappa shape index (κ3) is 5.04. The minimum Gasteiger partial charge on any atom is -0.407 e. The molecule has 0 amide bonds. The van der Waals surface area contributed by atoms with Crippen LogP contribution in [0.2, 0.25) is 0 Å². The standard InChI is InChI=1S/C20H31BN2O5/c1-15(2)12-22(17-7-9-26-10-8-17)18-6-5-16(11-19(18)23(24)25)21-27-13-20(3,4)14-28-21/h5-6,11,15,17H,7-10,12-14H2,1-4H3. The van der Waals surface area contributed by atoms with Crippen molar-refractivity contribution in [2.24, 2.45) is 11.3 Å². The van der Waals surface area contributed by atoms with Crippen LogP contribution >= 0.6 is 0 Å². The zero-order chi connectivity index (χ0) is 20.3. The lowest BCUT2D eigenvalue weighted by Gasteiger charge is -2.37. The van der Waals surface area contributed by atoms with Crippen LogP contribution in [-0.2, 0) is 14.0 Å². The van der Waals surface area contributed by atoms with Crippen molar-refractivity contribution in [3.63, 3.8) is 0 Å². The summed E-state index contributed by atoms with van der Waals surface area (Å²) in [7, 11) is -0.553. The lowest BCUT2D eigenvalue weighted by molar-refractivity contribution is -0.384. The molecule has 0 N–H and O–H groups in total. The van der Waals surface area contributed by atoms with Crippen molar-refractivity contribution in [1.29, 1.82) is 0 Å². The highest BCUT2D eigenvalue weighted by Crippen LogP contribution is 2.32. The first kappa shape index (κ1) is 21.1. The average molecular weight is 390 g/mol. The van der Waals surface area contributed by atoms with Crippen LogP contribution in [0, 0.1) is 21.4 Å². The second-order valence-electron chi connectivity index (χ2n) is 9.01. The molecule has 2 aliphatic heterocycles. The molecule has 154 valence electrons. The Hall–Kier alpha value is -1.64. The molecule has 0 bridgehead atoms. The van der Waals surface area contributed by atoms with E-state index in [0.717, 1.165) is 19.4 Å².